The first-order valence-electron chi connectivity index (χ1n) is 6.26. The van der Waals surface area contributed by atoms with Gasteiger partial charge >= 0.3 is 6.09 Å². The van der Waals surface area contributed by atoms with Gasteiger partial charge in [-0.3, -0.25) is 0 Å². The fourth-order valence-electron chi connectivity index (χ4n) is 2.03. The van der Waals surface area contributed by atoms with Gasteiger partial charge in [0.2, 0.25) is 0 Å². The molecule has 5 nitrogen and oxygen atoms in total. The number of ether oxygens (including phenoxy) is 1. The SMILES string of the molecule is CC(C)(C)OC(=O)N1CC(c2ccc(O)cc2O)C1. The van der Waals surface area contributed by atoms with E-state index in [1.165, 1.54) is 12.1 Å². The van der Waals surface area contributed by atoms with Gasteiger partial charge in [0, 0.05) is 30.6 Å². The Morgan fingerprint density at radius 3 is 2.47 bits per heavy atom. The van der Waals surface area contributed by atoms with E-state index in [4.69, 9.17) is 4.74 Å². The molecular weight excluding hydrogens is 246 g/mol. The zero-order valence-corrected chi connectivity index (χ0v) is 11.4. The average molecular weight is 265 g/mol. The Morgan fingerprint density at radius 1 is 1.32 bits per heavy atom. The van der Waals surface area contributed by atoms with E-state index in [0.717, 1.165) is 5.56 Å². The highest BCUT2D eigenvalue weighted by Gasteiger charge is 2.35. The summed E-state index contributed by atoms with van der Waals surface area (Å²) in [6.07, 6.45) is -0.331. The third-order valence-corrected chi connectivity index (χ3v) is 2.99. The highest BCUT2D eigenvalue weighted by molar-refractivity contribution is 5.69. The zero-order valence-electron chi connectivity index (χ0n) is 11.4. The van der Waals surface area contributed by atoms with Crippen molar-refractivity contribution >= 4 is 6.09 Å². The first-order chi connectivity index (χ1) is 8.76. The van der Waals surface area contributed by atoms with E-state index >= 15 is 0 Å². The molecule has 0 atom stereocenters. The number of rotatable bonds is 1. The Bertz CT molecular complexity index is 487. The van der Waals surface area contributed by atoms with Crippen LogP contribution in [0.25, 0.3) is 0 Å². The first-order valence-corrected chi connectivity index (χ1v) is 6.26. The molecule has 1 fully saturated rings. The summed E-state index contributed by atoms with van der Waals surface area (Å²) in [5.41, 5.74) is 0.251. The number of likely N-dealkylation sites (tertiary alicyclic amines) is 1. The van der Waals surface area contributed by atoms with E-state index < -0.39 is 5.60 Å². The van der Waals surface area contributed by atoms with Gasteiger partial charge < -0.3 is 19.8 Å². The third-order valence-electron chi connectivity index (χ3n) is 2.99. The Hall–Kier alpha value is -1.91. The molecule has 1 aliphatic heterocycles. The highest BCUT2D eigenvalue weighted by atomic mass is 16.6. The summed E-state index contributed by atoms with van der Waals surface area (Å²) in [5.74, 6) is 0.187. The second-order valence-electron chi connectivity index (χ2n) is 5.83. The van der Waals surface area contributed by atoms with Crippen LogP contribution in [-0.4, -0.2) is 39.9 Å². The molecule has 0 aliphatic carbocycles. The van der Waals surface area contributed by atoms with Crippen LogP contribution in [0.5, 0.6) is 11.5 Å². The maximum absolute atomic E-state index is 11.8. The van der Waals surface area contributed by atoms with Crippen LogP contribution in [0, 0.1) is 0 Å². The van der Waals surface area contributed by atoms with Crippen molar-refractivity contribution in [3.8, 4) is 11.5 Å². The number of aromatic hydroxyl groups is 2. The van der Waals surface area contributed by atoms with Gasteiger partial charge in [-0.05, 0) is 26.8 Å². The molecule has 1 saturated heterocycles. The number of phenols is 2. The smallest absolute Gasteiger partial charge is 0.410 e. The standard InChI is InChI=1S/C14H19NO4/c1-14(2,3)19-13(18)15-7-9(8-15)11-5-4-10(16)6-12(11)17/h4-6,9,16-17H,7-8H2,1-3H3. The summed E-state index contributed by atoms with van der Waals surface area (Å²) < 4.78 is 5.26. The number of carbonyl (C=O) groups is 1. The lowest BCUT2D eigenvalue weighted by Gasteiger charge is -2.40. The maximum atomic E-state index is 11.8. The van der Waals surface area contributed by atoms with Crippen LogP contribution in [0.3, 0.4) is 0 Å². The van der Waals surface area contributed by atoms with Gasteiger partial charge in [-0.1, -0.05) is 6.07 Å². The Balaban J connectivity index is 1.94. The Kier molecular flexibility index (Phi) is 3.30. The number of nitrogens with zero attached hydrogens (tertiary/aromatic N) is 1. The van der Waals surface area contributed by atoms with Crippen LogP contribution in [0.15, 0.2) is 18.2 Å². The Morgan fingerprint density at radius 2 is 1.95 bits per heavy atom. The van der Waals surface area contributed by atoms with Gasteiger partial charge in [0.15, 0.2) is 0 Å². The van der Waals surface area contributed by atoms with Gasteiger partial charge in [0.25, 0.3) is 0 Å². The summed E-state index contributed by atoms with van der Waals surface area (Å²) in [5, 5.41) is 19.0. The first kappa shape index (κ1) is 13.5. The van der Waals surface area contributed by atoms with E-state index in [2.05, 4.69) is 0 Å². The van der Waals surface area contributed by atoms with Crippen molar-refractivity contribution in [1.82, 2.24) is 4.90 Å². The quantitative estimate of drug-likeness (QED) is 0.818. The third kappa shape index (κ3) is 3.10. The van der Waals surface area contributed by atoms with Crippen LogP contribution < -0.4 is 0 Å². The van der Waals surface area contributed by atoms with Gasteiger partial charge in [-0.15, -0.1) is 0 Å². The number of hydrogen-bond acceptors (Lipinski definition) is 4. The molecule has 19 heavy (non-hydrogen) atoms. The van der Waals surface area contributed by atoms with Crippen molar-refractivity contribution in [1.29, 1.82) is 0 Å². The van der Waals surface area contributed by atoms with Gasteiger partial charge in [0.1, 0.15) is 17.1 Å². The van der Waals surface area contributed by atoms with Crippen LogP contribution in [-0.2, 0) is 4.74 Å². The van der Waals surface area contributed by atoms with Gasteiger partial charge in [-0.2, -0.15) is 0 Å². The molecule has 0 aromatic heterocycles. The van der Waals surface area contributed by atoms with Crippen molar-refractivity contribution in [2.75, 3.05) is 13.1 Å². The molecule has 0 saturated carbocycles. The molecule has 1 heterocycles. The largest absolute Gasteiger partial charge is 0.508 e. The molecule has 5 heteroatoms. The van der Waals surface area contributed by atoms with E-state index in [1.807, 2.05) is 20.8 Å². The van der Waals surface area contributed by atoms with Crippen molar-refractivity contribution in [2.45, 2.75) is 32.3 Å². The summed E-state index contributed by atoms with van der Waals surface area (Å²) >= 11 is 0. The number of carbonyl (C=O) groups excluding carboxylic acids is 1. The predicted molar refractivity (Wildman–Crippen MR) is 70.3 cm³/mol. The van der Waals surface area contributed by atoms with Crippen LogP contribution in [0.4, 0.5) is 4.79 Å². The molecular formula is C14H19NO4. The van der Waals surface area contributed by atoms with E-state index in [1.54, 1.807) is 11.0 Å². The number of phenolic OH excluding ortho intramolecular Hbond substituents is 2. The lowest BCUT2D eigenvalue weighted by atomic mass is 9.91. The van der Waals surface area contributed by atoms with Crippen molar-refractivity contribution in [2.24, 2.45) is 0 Å². The fourth-order valence-corrected chi connectivity index (χ4v) is 2.03. The van der Waals surface area contributed by atoms with Crippen LogP contribution in [0.1, 0.15) is 32.3 Å². The number of amides is 1. The molecule has 1 aromatic carbocycles. The molecule has 0 radical (unpaired) electrons. The zero-order chi connectivity index (χ0) is 14.2. The van der Waals surface area contributed by atoms with E-state index in [9.17, 15) is 15.0 Å². The van der Waals surface area contributed by atoms with Crippen molar-refractivity contribution in [3.05, 3.63) is 23.8 Å². The second-order valence-corrected chi connectivity index (χ2v) is 5.83. The molecule has 2 rings (SSSR count). The minimum Gasteiger partial charge on any atom is -0.508 e. The highest BCUT2D eigenvalue weighted by Crippen LogP contribution is 2.35. The van der Waals surface area contributed by atoms with E-state index in [0.29, 0.717) is 13.1 Å². The number of hydrogen-bond donors (Lipinski definition) is 2. The topological polar surface area (TPSA) is 70.0 Å². The lowest BCUT2D eigenvalue weighted by molar-refractivity contribution is 0.00798. The summed E-state index contributed by atoms with van der Waals surface area (Å²) in [4.78, 5) is 13.4. The maximum Gasteiger partial charge on any atom is 0.410 e. The summed E-state index contributed by atoms with van der Waals surface area (Å²) in [6.45, 7) is 6.52. The average Bonchev–Trinajstić information content (AvgIpc) is 2.16. The van der Waals surface area contributed by atoms with Crippen molar-refractivity contribution in [3.63, 3.8) is 0 Å². The molecule has 1 amide bonds. The van der Waals surface area contributed by atoms with Gasteiger partial charge in [0.05, 0.1) is 0 Å². The molecule has 1 aliphatic rings. The molecule has 104 valence electrons. The molecule has 0 spiro atoms. The monoisotopic (exact) mass is 265 g/mol. The fraction of sp³-hybridized carbons (Fsp3) is 0.500. The van der Waals surface area contributed by atoms with Crippen LogP contribution >= 0.6 is 0 Å². The lowest BCUT2D eigenvalue weighted by Crippen LogP contribution is -2.50. The molecule has 2 N–H and O–H groups in total. The summed E-state index contributed by atoms with van der Waals surface area (Å²) in [6, 6.07) is 4.53. The molecule has 0 bridgehead atoms. The minimum atomic E-state index is -0.497. The number of benzene rings is 1. The van der Waals surface area contributed by atoms with Crippen molar-refractivity contribution < 1.29 is 19.7 Å². The molecule has 1 aromatic rings. The normalized spacial score (nSPS) is 16.1. The minimum absolute atomic E-state index is 0.0320. The second kappa shape index (κ2) is 4.64. The summed E-state index contributed by atoms with van der Waals surface area (Å²) in [7, 11) is 0. The Labute approximate surface area is 112 Å². The predicted octanol–water partition coefficient (Wildman–Crippen LogP) is 2.43. The van der Waals surface area contributed by atoms with E-state index in [-0.39, 0.29) is 23.5 Å². The van der Waals surface area contributed by atoms with Gasteiger partial charge in [-0.25, -0.2) is 4.79 Å². The van der Waals surface area contributed by atoms with Crippen LogP contribution in [0.2, 0.25) is 0 Å². The molecule has 0 unspecified atom stereocenters.